The Morgan fingerprint density at radius 3 is 2.14 bits per heavy atom. The maximum absolute atomic E-state index is 12.7. The number of para-hydroxylation sites is 2. The molecule has 0 saturated carbocycles. The van der Waals surface area contributed by atoms with Crippen molar-refractivity contribution in [3.8, 4) is 0 Å². The number of epoxide rings is 1. The average Bonchev–Trinajstić information content (AvgIpc) is 3.34. The first-order valence-corrected chi connectivity index (χ1v) is 7.72. The number of nitrogens with one attached hydrogen (secondary N) is 1. The largest absolute Gasteiger partial charge is 0.359 e. The van der Waals surface area contributed by atoms with Crippen LogP contribution in [-0.2, 0) is 4.74 Å². The van der Waals surface area contributed by atoms with Gasteiger partial charge in [-0.1, -0.05) is 43.3 Å². The molecule has 0 spiro atoms. The lowest BCUT2D eigenvalue weighted by Gasteiger charge is -2.25. The molecule has 4 heteroatoms. The molecule has 0 bridgehead atoms. The fraction of sp³-hybridized carbons (Fsp3) is 0.278. The maximum Gasteiger partial charge on any atom is 0.326 e. The summed E-state index contributed by atoms with van der Waals surface area (Å²) in [6, 6.07) is 15.9. The number of urea groups is 1. The van der Waals surface area contributed by atoms with Gasteiger partial charge in [-0.15, -0.1) is 0 Å². The molecule has 1 saturated heterocycles. The SMILES string of the molecule is CCCNC(=O)N1c2ccccc2C2OC2c2ccccc21. The van der Waals surface area contributed by atoms with Crippen molar-refractivity contribution in [3.63, 3.8) is 0 Å². The van der Waals surface area contributed by atoms with Crippen LogP contribution in [0.25, 0.3) is 0 Å². The molecule has 2 unspecified atom stereocenters. The van der Waals surface area contributed by atoms with Crippen molar-refractivity contribution in [1.82, 2.24) is 5.32 Å². The Balaban J connectivity index is 1.86. The highest BCUT2D eigenvalue weighted by Crippen LogP contribution is 2.58. The molecule has 2 aliphatic heterocycles. The molecule has 2 aromatic carbocycles. The van der Waals surface area contributed by atoms with Crippen molar-refractivity contribution in [3.05, 3.63) is 59.7 Å². The summed E-state index contributed by atoms with van der Waals surface area (Å²) in [5.74, 6) is 0. The standard InChI is InChI=1S/C18H18N2O2/c1-2-11-19-18(21)20-14-9-5-3-7-12(14)16-17(22-16)13-8-4-6-10-15(13)20/h3-10,16-17H,2,11H2,1H3,(H,19,21). The lowest BCUT2D eigenvalue weighted by molar-refractivity contribution is 0.248. The monoisotopic (exact) mass is 294 g/mol. The normalized spacial score (nSPS) is 21.2. The zero-order valence-corrected chi connectivity index (χ0v) is 12.5. The minimum absolute atomic E-state index is 0.0568. The molecule has 0 aromatic heterocycles. The van der Waals surface area contributed by atoms with E-state index in [0.717, 1.165) is 28.9 Å². The highest BCUT2D eigenvalue weighted by atomic mass is 16.6. The van der Waals surface area contributed by atoms with E-state index in [1.165, 1.54) is 0 Å². The molecule has 1 fully saturated rings. The number of amides is 2. The summed E-state index contributed by atoms with van der Waals surface area (Å²) in [5, 5.41) is 2.99. The third-order valence-electron chi connectivity index (χ3n) is 4.19. The third-order valence-corrected chi connectivity index (χ3v) is 4.19. The third kappa shape index (κ3) is 1.99. The van der Waals surface area contributed by atoms with Gasteiger partial charge in [0.2, 0.25) is 0 Å². The van der Waals surface area contributed by atoms with E-state index in [9.17, 15) is 4.79 Å². The molecule has 2 atom stereocenters. The molecular weight excluding hydrogens is 276 g/mol. The van der Waals surface area contributed by atoms with Crippen LogP contribution in [0.1, 0.15) is 36.7 Å². The van der Waals surface area contributed by atoms with Crippen LogP contribution in [0.3, 0.4) is 0 Å². The van der Waals surface area contributed by atoms with E-state index in [1.807, 2.05) is 55.5 Å². The molecule has 2 aromatic rings. The maximum atomic E-state index is 12.7. The van der Waals surface area contributed by atoms with Crippen LogP contribution in [0.5, 0.6) is 0 Å². The Hall–Kier alpha value is -2.33. The minimum atomic E-state index is -0.0805. The molecule has 112 valence electrons. The second kappa shape index (κ2) is 5.14. The lowest BCUT2D eigenvalue weighted by Crippen LogP contribution is -2.37. The van der Waals surface area contributed by atoms with Crippen LogP contribution in [-0.4, -0.2) is 12.6 Å². The quantitative estimate of drug-likeness (QED) is 0.849. The molecule has 1 N–H and O–H groups in total. The number of carbonyl (C=O) groups excluding carboxylic acids is 1. The Labute approximate surface area is 129 Å². The smallest absolute Gasteiger partial charge is 0.326 e. The Morgan fingerprint density at radius 2 is 1.59 bits per heavy atom. The van der Waals surface area contributed by atoms with Crippen LogP contribution in [0.4, 0.5) is 16.2 Å². The number of rotatable bonds is 2. The summed E-state index contributed by atoms with van der Waals surface area (Å²) in [6.45, 7) is 2.72. The van der Waals surface area contributed by atoms with Gasteiger partial charge in [-0.25, -0.2) is 4.79 Å². The van der Waals surface area contributed by atoms with Gasteiger partial charge >= 0.3 is 6.03 Å². The molecule has 0 radical (unpaired) electrons. The number of benzene rings is 2. The molecule has 4 rings (SSSR count). The second-order valence-electron chi connectivity index (χ2n) is 5.66. The number of hydrogen-bond donors (Lipinski definition) is 1. The number of hydrogen-bond acceptors (Lipinski definition) is 2. The van der Waals surface area contributed by atoms with Crippen molar-refractivity contribution in [2.24, 2.45) is 0 Å². The van der Waals surface area contributed by atoms with Gasteiger partial charge in [0.25, 0.3) is 0 Å². The highest BCUT2D eigenvalue weighted by molar-refractivity contribution is 6.01. The summed E-state index contributed by atoms with van der Waals surface area (Å²) in [5.41, 5.74) is 3.98. The van der Waals surface area contributed by atoms with Crippen LogP contribution < -0.4 is 10.2 Å². The first-order valence-electron chi connectivity index (χ1n) is 7.72. The van der Waals surface area contributed by atoms with Crippen LogP contribution >= 0.6 is 0 Å². The number of nitrogens with zero attached hydrogens (tertiary/aromatic N) is 1. The molecule has 2 heterocycles. The average molecular weight is 294 g/mol. The highest BCUT2D eigenvalue weighted by Gasteiger charge is 2.48. The van der Waals surface area contributed by atoms with Gasteiger partial charge in [0.1, 0.15) is 12.2 Å². The summed E-state index contributed by atoms with van der Waals surface area (Å²) >= 11 is 0. The van der Waals surface area contributed by atoms with E-state index >= 15 is 0 Å². The van der Waals surface area contributed by atoms with Gasteiger partial charge in [-0.2, -0.15) is 0 Å². The molecular formula is C18H18N2O2. The van der Waals surface area contributed by atoms with Gasteiger partial charge in [0.15, 0.2) is 0 Å². The van der Waals surface area contributed by atoms with Gasteiger partial charge in [0, 0.05) is 17.7 Å². The van der Waals surface area contributed by atoms with Gasteiger partial charge in [-0.05, 0) is 18.6 Å². The van der Waals surface area contributed by atoms with Gasteiger partial charge < -0.3 is 10.1 Å². The van der Waals surface area contributed by atoms with E-state index in [4.69, 9.17) is 4.74 Å². The zero-order chi connectivity index (χ0) is 15.1. The zero-order valence-electron chi connectivity index (χ0n) is 12.5. The predicted octanol–water partition coefficient (Wildman–Crippen LogP) is 4.07. The minimum Gasteiger partial charge on any atom is -0.359 e. The Bertz CT molecular complexity index is 677. The number of carbonyl (C=O) groups is 1. The van der Waals surface area contributed by atoms with Crippen LogP contribution in [0.2, 0.25) is 0 Å². The van der Waals surface area contributed by atoms with Crippen molar-refractivity contribution in [2.75, 3.05) is 11.4 Å². The van der Waals surface area contributed by atoms with Gasteiger partial charge in [0.05, 0.1) is 11.4 Å². The fourth-order valence-electron chi connectivity index (χ4n) is 3.11. The van der Waals surface area contributed by atoms with Crippen molar-refractivity contribution < 1.29 is 9.53 Å². The number of anilines is 2. The fourth-order valence-corrected chi connectivity index (χ4v) is 3.11. The lowest BCUT2D eigenvalue weighted by atomic mass is 10.0. The van der Waals surface area contributed by atoms with Gasteiger partial charge in [-0.3, -0.25) is 4.90 Å². The summed E-state index contributed by atoms with van der Waals surface area (Å²) in [7, 11) is 0. The topological polar surface area (TPSA) is 44.9 Å². The number of fused-ring (bicyclic) bond motifs is 5. The Morgan fingerprint density at radius 1 is 1.05 bits per heavy atom. The second-order valence-corrected chi connectivity index (χ2v) is 5.66. The van der Waals surface area contributed by atoms with Crippen LogP contribution in [0.15, 0.2) is 48.5 Å². The summed E-state index contributed by atoms with van der Waals surface area (Å²) in [4.78, 5) is 14.5. The van der Waals surface area contributed by atoms with Crippen molar-refractivity contribution >= 4 is 17.4 Å². The predicted molar refractivity (Wildman–Crippen MR) is 85.3 cm³/mol. The summed E-state index contributed by atoms with van der Waals surface area (Å²) < 4.78 is 5.86. The van der Waals surface area contributed by atoms with E-state index < -0.39 is 0 Å². The molecule has 4 nitrogen and oxygen atoms in total. The Kier molecular flexibility index (Phi) is 3.12. The molecule has 2 amide bonds. The number of ether oxygens (including phenoxy) is 1. The molecule has 0 aliphatic carbocycles. The van der Waals surface area contributed by atoms with E-state index in [2.05, 4.69) is 5.32 Å². The molecule has 22 heavy (non-hydrogen) atoms. The molecule has 2 aliphatic rings. The summed E-state index contributed by atoms with van der Waals surface area (Å²) in [6.07, 6.45) is 1.03. The van der Waals surface area contributed by atoms with E-state index in [0.29, 0.717) is 6.54 Å². The van der Waals surface area contributed by atoms with Crippen molar-refractivity contribution in [2.45, 2.75) is 25.6 Å². The van der Waals surface area contributed by atoms with E-state index in [-0.39, 0.29) is 18.2 Å². The van der Waals surface area contributed by atoms with E-state index in [1.54, 1.807) is 4.90 Å². The first kappa shape index (κ1) is 13.3. The first-order chi connectivity index (χ1) is 10.8. The van der Waals surface area contributed by atoms with Crippen molar-refractivity contribution in [1.29, 1.82) is 0 Å². The van der Waals surface area contributed by atoms with Crippen LogP contribution in [0, 0.1) is 0 Å².